The van der Waals surface area contributed by atoms with Gasteiger partial charge in [-0.15, -0.1) is 0 Å². The number of carboxylic acid groups (broad SMARTS) is 1. The van der Waals surface area contributed by atoms with Crippen molar-refractivity contribution in [2.24, 2.45) is 0 Å². The first-order chi connectivity index (χ1) is 8.62. The van der Waals surface area contributed by atoms with Crippen LogP contribution in [0.5, 0.6) is 5.75 Å². The molecule has 1 aromatic rings. The molecule has 0 unspecified atom stereocenters. The maximum atomic E-state index is 12.4. The van der Waals surface area contributed by atoms with Crippen LogP contribution < -0.4 is 0 Å². The molecule has 1 aromatic carbocycles. The van der Waals surface area contributed by atoms with Gasteiger partial charge in [-0.1, -0.05) is 0 Å². The Morgan fingerprint density at radius 1 is 1.26 bits per heavy atom. The molecule has 104 valence electrons. The summed E-state index contributed by atoms with van der Waals surface area (Å²) >= 11 is 0. The SMILES string of the molecule is Cc1cc(C(=O)N(CC(=O)O)C(C)(C)C)ccc1O. The van der Waals surface area contributed by atoms with Crippen molar-refractivity contribution in [1.29, 1.82) is 0 Å². The topological polar surface area (TPSA) is 77.8 Å². The molecule has 0 saturated heterocycles. The molecule has 1 amide bonds. The van der Waals surface area contributed by atoms with Crippen LogP contribution in [-0.4, -0.2) is 39.1 Å². The first-order valence-electron chi connectivity index (χ1n) is 5.96. The Kier molecular flexibility index (Phi) is 4.19. The first kappa shape index (κ1) is 15.0. The summed E-state index contributed by atoms with van der Waals surface area (Å²) in [7, 11) is 0. The minimum Gasteiger partial charge on any atom is -0.508 e. The molecule has 2 N–H and O–H groups in total. The van der Waals surface area contributed by atoms with Crippen LogP contribution in [-0.2, 0) is 4.79 Å². The van der Waals surface area contributed by atoms with Crippen molar-refractivity contribution in [2.45, 2.75) is 33.2 Å². The van der Waals surface area contributed by atoms with Gasteiger partial charge in [-0.05, 0) is 51.5 Å². The molecule has 0 aliphatic carbocycles. The molecule has 0 aliphatic rings. The Morgan fingerprint density at radius 2 is 1.84 bits per heavy atom. The van der Waals surface area contributed by atoms with Crippen molar-refractivity contribution in [3.8, 4) is 5.75 Å². The molecule has 0 heterocycles. The van der Waals surface area contributed by atoms with Gasteiger partial charge in [0.1, 0.15) is 12.3 Å². The van der Waals surface area contributed by atoms with Crippen molar-refractivity contribution in [1.82, 2.24) is 4.90 Å². The molecule has 19 heavy (non-hydrogen) atoms. The molecule has 0 aliphatic heterocycles. The smallest absolute Gasteiger partial charge is 0.323 e. The minimum absolute atomic E-state index is 0.108. The Balaban J connectivity index is 3.12. The van der Waals surface area contributed by atoms with E-state index in [2.05, 4.69) is 0 Å². The molecule has 5 heteroatoms. The average Bonchev–Trinajstić information content (AvgIpc) is 2.27. The number of hydrogen-bond donors (Lipinski definition) is 2. The highest BCUT2D eigenvalue weighted by Crippen LogP contribution is 2.21. The monoisotopic (exact) mass is 265 g/mol. The van der Waals surface area contributed by atoms with E-state index in [1.807, 2.05) is 0 Å². The van der Waals surface area contributed by atoms with Crippen LogP contribution in [0.1, 0.15) is 36.7 Å². The number of carbonyl (C=O) groups is 2. The highest BCUT2D eigenvalue weighted by atomic mass is 16.4. The lowest BCUT2D eigenvalue weighted by atomic mass is 10.0. The predicted octanol–water partition coefficient (Wildman–Crippen LogP) is 2.03. The number of aliphatic carboxylic acids is 1. The molecule has 0 spiro atoms. The van der Waals surface area contributed by atoms with Gasteiger partial charge < -0.3 is 15.1 Å². The summed E-state index contributed by atoms with van der Waals surface area (Å²) < 4.78 is 0. The Hall–Kier alpha value is -2.04. The summed E-state index contributed by atoms with van der Waals surface area (Å²) in [4.78, 5) is 24.5. The van der Waals surface area contributed by atoms with Crippen LogP contribution in [0.25, 0.3) is 0 Å². The third kappa shape index (κ3) is 3.71. The largest absolute Gasteiger partial charge is 0.508 e. The van der Waals surface area contributed by atoms with Crippen molar-refractivity contribution >= 4 is 11.9 Å². The van der Waals surface area contributed by atoms with Crippen LogP contribution in [0.4, 0.5) is 0 Å². The number of phenols is 1. The highest BCUT2D eigenvalue weighted by molar-refractivity contribution is 5.96. The van der Waals surface area contributed by atoms with Crippen molar-refractivity contribution in [2.75, 3.05) is 6.54 Å². The summed E-state index contributed by atoms with van der Waals surface area (Å²) in [5, 5.41) is 18.4. The minimum atomic E-state index is -1.06. The number of carbonyl (C=O) groups excluding carboxylic acids is 1. The lowest BCUT2D eigenvalue weighted by molar-refractivity contribution is -0.138. The number of hydrogen-bond acceptors (Lipinski definition) is 3. The predicted molar refractivity (Wildman–Crippen MR) is 71.3 cm³/mol. The second-order valence-electron chi connectivity index (χ2n) is 5.46. The lowest BCUT2D eigenvalue weighted by Crippen LogP contribution is -2.48. The molecule has 0 radical (unpaired) electrons. The van der Waals surface area contributed by atoms with E-state index >= 15 is 0 Å². The summed E-state index contributed by atoms with van der Waals surface area (Å²) in [5.74, 6) is -1.31. The van der Waals surface area contributed by atoms with Gasteiger partial charge in [-0.3, -0.25) is 9.59 Å². The molecule has 5 nitrogen and oxygen atoms in total. The van der Waals surface area contributed by atoms with Crippen molar-refractivity contribution < 1.29 is 19.8 Å². The van der Waals surface area contributed by atoms with Gasteiger partial charge in [-0.2, -0.15) is 0 Å². The molecule has 1 rings (SSSR count). The van der Waals surface area contributed by atoms with Gasteiger partial charge in [-0.25, -0.2) is 0 Å². The van der Waals surface area contributed by atoms with E-state index in [1.54, 1.807) is 33.8 Å². The van der Waals surface area contributed by atoms with E-state index in [0.29, 0.717) is 11.1 Å². The zero-order valence-corrected chi connectivity index (χ0v) is 11.6. The fraction of sp³-hybridized carbons (Fsp3) is 0.429. The number of carboxylic acids is 1. The van der Waals surface area contributed by atoms with Crippen LogP contribution >= 0.6 is 0 Å². The van der Waals surface area contributed by atoms with E-state index in [9.17, 15) is 14.7 Å². The zero-order chi connectivity index (χ0) is 14.8. The van der Waals surface area contributed by atoms with Crippen molar-refractivity contribution in [3.63, 3.8) is 0 Å². The van der Waals surface area contributed by atoms with E-state index in [0.717, 1.165) is 0 Å². The van der Waals surface area contributed by atoms with Crippen molar-refractivity contribution in [3.05, 3.63) is 29.3 Å². The first-order valence-corrected chi connectivity index (χ1v) is 5.96. The standard InChI is InChI=1S/C14H19NO4/c1-9-7-10(5-6-11(9)16)13(19)15(8-12(17)18)14(2,3)4/h5-7,16H,8H2,1-4H3,(H,17,18). The van der Waals surface area contributed by atoms with Crippen LogP contribution in [0, 0.1) is 6.92 Å². The maximum absolute atomic E-state index is 12.4. The second kappa shape index (κ2) is 5.30. The molecule has 0 bridgehead atoms. The summed E-state index contributed by atoms with van der Waals surface area (Å²) in [6.45, 7) is 6.66. The van der Waals surface area contributed by atoms with E-state index in [4.69, 9.17) is 5.11 Å². The molecular formula is C14H19NO4. The average molecular weight is 265 g/mol. The fourth-order valence-corrected chi connectivity index (χ4v) is 1.69. The van der Waals surface area contributed by atoms with E-state index < -0.39 is 11.5 Å². The third-order valence-corrected chi connectivity index (χ3v) is 2.79. The molecule has 0 atom stereocenters. The number of nitrogens with zero attached hydrogens (tertiary/aromatic N) is 1. The zero-order valence-electron chi connectivity index (χ0n) is 11.6. The number of phenolic OH excluding ortho intramolecular Hbond substituents is 1. The Morgan fingerprint density at radius 3 is 2.26 bits per heavy atom. The number of amides is 1. The molecule has 0 aromatic heterocycles. The third-order valence-electron chi connectivity index (χ3n) is 2.79. The summed E-state index contributed by atoms with van der Waals surface area (Å²) in [5.41, 5.74) is 0.350. The number of aryl methyl sites for hydroxylation is 1. The van der Waals surface area contributed by atoms with Gasteiger partial charge in [0, 0.05) is 11.1 Å². The molecular weight excluding hydrogens is 246 g/mol. The number of rotatable bonds is 3. The second-order valence-corrected chi connectivity index (χ2v) is 5.46. The van der Waals surface area contributed by atoms with Crippen LogP contribution in [0.3, 0.4) is 0 Å². The van der Waals surface area contributed by atoms with Crippen LogP contribution in [0.2, 0.25) is 0 Å². The number of aromatic hydroxyl groups is 1. The number of benzene rings is 1. The quantitative estimate of drug-likeness (QED) is 0.876. The Labute approximate surface area is 112 Å². The molecule has 0 saturated carbocycles. The van der Waals surface area contributed by atoms with Crippen LogP contribution in [0.15, 0.2) is 18.2 Å². The van der Waals surface area contributed by atoms with E-state index in [-0.39, 0.29) is 18.2 Å². The van der Waals surface area contributed by atoms with Gasteiger partial charge >= 0.3 is 5.97 Å². The Bertz CT molecular complexity index is 503. The normalized spacial score (nSPS) is 11.2. The van der Waals surface area contributed by atoms with Gasteiger partial charge in [0.2, 0.25) is 0 Å². The summed E-state index contributed by atoms with van der Waals surface area (Å²) in [6.07, 6.45) is 0. The molecule has 0 fully saturated rings. The lowest BCUT2D eigenvalue weighted by Gasteiger charge is -2.34. The van der Waals surface area contributed by atoms with E-state index in [1.165, 1.54) is 17.0 Å². The van der Waals surface area contributed by atoms with Gasteiger partial charge in [0.05, 0.1) is 0 Å². The van der Waals surface area contributed by atoms with Gasteiger partial charge in [0.25, 0.3) is 5.91 Å². The highest BCUT2D eigenvalue weighted by Gasteiger charge is 2.29. The summed E-state index contributed by atoms with van der Waals surface area (Å²) in [6, 6.07) is 4.48. The van der Waals surface area contributed by atoms with Gasteiger partial charge in [0.15, 0.2) is 0 Å². The maximum Gasteiger partial charge on any atom is 0.323 e. The fourth-order valence-electron chi connectivity index (χ4n) is 1.69.